The number of ether oxygens (including phenoxy) is 2. The Hall–Kier alpha value is -1.44. The molecule has 1 N–H and O–H groups in total. The zero-order chi connectivity index (χ0) is 13.9. The van der Waals surface area contributed by atoms with Gasteiger partial charge in [-0.15, -0.1) is 0 Å². The topological polar surface area (TPSA) is 54.3 Å². The number of nitriles is 1. The molecule has 0 saturated heterocycles. The minimum Gasteiger partial charge on any atom is -0.454 e. The van der Waals surface area contributed by atoms with E-state index in [9.17, 15) is 5.26 Å². The van der Waals surface area contributed by atoms with Gasteiger partial charge in [0.2, 0.25) is 6.79 Å². The molecular weight excluding hydrogens is 276 g/mol. The highest BCUT2D eigenvalue weighted by atomic mass is 35.5. The quantitative estimate of drug-likeness (QED) is 0.925. The highest BCUT2D eigenvalue weighted by molar-refractivity contribution is 6.32. The molecule has 1 aromatic carbocycles. The fourth-order valence-electron chi connectivity index (χ4n) is 2.87. The number of rotatable bonds is 3. The average molecular weight is 293 g/mol. The van der Waals surface area contributed by atoms with Crippen LogP contribution in [0, 0.1) is 11.3 Å². The van der Waals surface area contributed by atoms with Crippen LogP contribution in [-0.4, -0.2) is 12.8 Å². The third-order valence-corrected chi connectivity index (χ3v) is 4.20. The van der Waals surface area contributed by atoms with Crippen molar-refractivity contribution in [3.05, 3.63) is 22.7 Å². The summed E-state index contributed by atoms with van der Waals surface area (Å²) in [6.45, 7) is 0.186. The Labute approximate surface area is 123 Å². The lowest BCUT2D eigenvalue weighted by molar-refractivity contribution is 0.174. The first kappa shape index (κ1) is 13.5. The van der Waals surface area contributed by atoms with Crippen LogP contribution >= 0.6 is 11.6 Å². The molecule has 0 aromatic heterocycles. The van der Waals surface area contributed by atoms with Gasteiger partial charge >= 0.3 is 0 Å². The summed E-state index contributed by atoms with van der Waals surface area (Å²) in [6, 6.07) is 6.01. The normalized spacial score (nSPS) is 19.6. The van der Waals surface area contributed by atoms with E-state index in [1.54, 1.807) is 6.07 Å². The first-order valence-electron chi connectivity index (χ1n) is 7.02. The fourth-order valence-corrected chi connectivity index (χ4v) is 3.14. The van der Waals surface area contributed by atoms with E-state index in [1.807, 2.05) is 6.07 Å². The molecule has 1 aromatic rings. The monoisotopic (exact) mass is 292 g/mol. The summed E-state index contributed by atoms with van der Waals surface area (Å²) in [7, 11) is 0. The predicted molar refractivity (Wildman–Crippen MR) is 75.9 cm³/mol. The second kappa shape index (κ2) is 5.90. The summed E-state index contributed by atoms with van der Waals surface area (Å²) in [4.78, 5) is 0. The van der Waals surface area contributed by atoms with E-state index in [2.05, 4.69) is 11.4 Å². The van der Waals surface area contributed by atoms with Gasteiger partial charge in [0.1, 0.15) is 6.04 Å². The lowest BCUT2D eigenvalue weighted by Gasteiger charge is -2.25. The van der Waals surface area contributed by atoms with E-state index in [1.165, 1.54) is 19.3 Å². The number of halogens is 1. The van der Waals surface area contributed by atoms with Gasteiger partial charge < -0.3 is 9.47 Å². The van der Waals surface area contributed by atoms with Crippen LogP contribution in [0.5, 0.6) is 11.5 Å². The Morgan fingerprint density at radius 1 is 1.25 bits per heavy atom. The van der Waals surface area contributed by atoms with Crippen LogP contribution in [-0.2, 0) is 0 Å². The van der Waals surface area contributed by atoms with Crippen molar-refractivity contribution in [1.29, 1.82) is 5.26 Å². The number of nitrogens with one attached hydrogen (secondary N) is 1. The zero-order valence-corrected chi connectivity index (χ0v) is 11.9. The first-order valence-corrected chi connectivity index (χ1v) is 7.40. The second-order valence-electron chi connectivity index (χ2n) is 5.30. The van der Waals surface area contributed by atoms with Crippen molar-refractivity contribution in [3.63, 3.8) is 0 Å². The van der Waals surface area contributed by atoms with Crippen LogP contribution in [0.15, 0.2) is 12.1 Å². The molecule has 1 saturated carbocycles. The average Bonchev–Trinajstić information content (AvgIpc) is 2.95. The van der Waals surface area contributed by atoms with Gasteiger partial charge in [-0.05, 0) is 30.5 Å². The Morgan fingerprint density at radius 3 is 2.80 bits per heavy atom. The maximum atomic E-state index is 9.42. The van der Waals surface area contributed by atoms with Gasteiger partial charge in [0, 0.05) is 6.04 Å². The molecule has 1 heterocycles. The molecule has 0 radical (unpaired) electrons. The molecular formula is C15H17ClN2O2. The molecule has 1 aliphatic carbocycles. The molecule has 20 heavy (non-hydrogen) atoms. The lowest BCUT2D eigenvalue weighted by Crippen LogP contribution is -2.33. The number of nitrogens with zero attached hydrogens (tertiary/aromatic N) is 1. The molecule has 5 heteroatoms. The van der Waals surface area contributed by atoms with E-state index >= 15 is 0 Å². The Bertz CT molecular complexity index is 535. The molecule has 1 atom stereocenters. The van der Waals surface area contributed by atoms with Crippen LogP contribution in [0.3, 0.4) is 0 Å². The summed E-state index contributed by atoms with van der Waals surface area (Å²) in [5.74, 6) is 1.20. The van der Waals surface area contributed by atoms with Crippen molar-refractivity contribution in [2.75, 3.05) is 6.79 Å². The van der Waals surface area contributed by atoms with Crippen molar-refractivity contribution in [1.82, 2.24) is 5.32 Å². The van der Waals surface area contributed by atoms with Crippen molar-refractivity contribution < 1.29 is 9.47 Å². The molecule has 4 nitrogen and oxygen atoms in total. The van der Waals surface area contributed by atoms with Crippen molar-refractivity contribution >= 4 is 11.6 Å². The van der Waals surface area contributed by atoms with E-state index in [4.69, 9.17) is 21.1 Å². The number of fused-ring (bicyclic) bond motifs is 1. The van der Waals surface area contributed by atoms with Gasteiger partial charge in [-0.2, -0.15) is 5.26 Å². The zero-order valence-electron chi connectivity index (χ0n) is 11.2. The summed E-state index contributed by atoms with van der Waals surface area (Å²) < 4.78 is 10.7. The third-order valence-electron chi connectivity index (χ3n) is 3.92. The minimum absolute atomic E-state index is 0.186. The predicted octanol–water partition coefficient (Wildman–Crippen LogP) is 3.56. The molecule has 1 unspecified atom stereocenters. The minimum atomic E-state index is -0.356. The largest absolute Gasteiger partial charge is 0.454 e. The van der Waals surface area contributed by atoms with E-state index in [-0.39, 0.29) is 12.8 Å². The highest BCUT2D eigenvalue weighted by Crippen LogP contribution is 2.41. The van der Waals surface area contributed by atoms with Gasteiger partial charge in [0.05, 0.1) is 11.1 Å². The summed E-state index contributed by atoms with van der Waals surface area (Å²) in [5, 5.41) is 13.3. The van der Waals surface area contributed by atoms with Crippen LogP contribution in [0.2, 0.25) is 5.02 Å². The van der Waals surface area contributed by atoms with Gasteiger partial charge in [-0.1, -0.05) is 30.9 Å². The lowest BCUT2D eigenvalue weighted by atomic mass is 9.94. The van der Waals surface area contributed by atoms with Gasteiger partial charge in [0.15, 0.2) is 11.5 Å². The van der Waals surface area contributed by atoms with Crippen molar-refractivity contribution in [3.8, 4) is 17.6 Å². The molecule has 0 amide bonds. The third kappa shape index (κ3) is 2.70. The summed E-state index contributed by atoms with van der Waals surface area (Å²) in [6.07, 6.45) is 6.04. The number of hydrogen-bond donors (Lipinski definition) is 1. The molecule has 106 valence electrons. The SMILES string of the molecule is N#CC(NC1CCCCC1)c1cc(Cl)c2c(c1)OCO2. The molecule has 0 spiro atoms. The number of benzene rings is 1. The van der Waals surface area contributed by atoms with Gasteiger partial charge in [-0.3, -0.25) is 5.32 Å². The summed E-state index contributed by atoms with van der Waals surface area (Å²) in [5.41, 5.74) is 0.840. The maximum Gasteiger partial charge on any atom is 0.231 e. The first-order chi connectivity index (χ1) is 9.78. The van der Waals surface area contributed by atoms with E-state index < -0.39 is 0 Å². The fraction of sp³-hybridized carbons (Fsp3) is 0.533. The van der Waals surface area contributed by atoms with Crippen LogP contribution in [0.4, 0.5) is 0 Å². The van der Waals surface area contributed by atoms with Crippen LogP contribution in [0.25, 0.3) is 0 Å². The molecule has 1 aliphatic heterocycles. The van der Waals surface area contributed by atoms with E-state index in [0.29, 0.717) is 22.6 Å². The Balaban J connectivity index is 1.79. The van der Waals surface area contributed by atoms with Crippen molar-refractivity contribution in [2.45, 2.75) is 44.2 Å². The maximum absolute atomic E-state index is 9.42. The highest BCUT2D eigenvalue weighted by Gasteiger charge is 2.23. The van der Waals surface area contributed by atoms with Crippen molar-refractivity contribution in [2.24, 2.45) is 0 Å². The second-order valence-corrected chi connectivity index (χ2v) is 5.71. The molecule has 2 aliphatic rings. The molecule has 0 bridgehead atoms. The van der Waals surface area contributed by atoms with Gasteiger partial charge in [-0.25, -0.2) is 0 Å². The van der Waals surface area contributed by atoms with Gasteiger partial charge in [0.25, 0.3) is 0 Å². The standard InChI is InChI=1S/C15H17ClN2O2/c16-12-6-10(7-14-15(12)20-9-19-14)13(8-17)18-11-4-2-1-3-5-11/h6-7,11,13,18H,1-5,9H2. The molecule has 3 rings (SSSR count). The van der Waals surface area contributed by atoms with E-state index in [0.717, 1.165) is 18.4 Å². The smallest absolute Gasteiger partial charge is 0.231 e. The number of hydrogen-bond acceptors (Lipinski definition) is 4. The summed E-state index contributed by atoms with van der Waals surface area (Å²) >= 11 is 6.18. The van der Waals surface area contributed by atoms with Crippen LogP contribution < -0.4 is 14.8 Å². The molecule has 1 fully saturated rings. The Kier molecular flexibility index (Phi) is 4.00. The Morgan fingerprint density at radius 2 is 2.05 bits per heavy atom. The van der Waals surface area contributed by atoms with Crippen LogP contribution in [0.1, 0.15) is 43.7 Å².